The second-order valence-electron chi connectivity index (χ2n) is 5.98. The van der Waals surface area contributed by atoms with E-state index in [1.54, 1.807) is 0 Å². The molecule has 0 saturated carbocycles. The lowest BCUT2D eigenvalue weighted by molar-refractivity contribution is 0.577. The van der Waals surface area contributed by atoms with E-state index in [0.29, 0.717) is 0 Å². The van der Waals surface area contributed by atoms with Gasteiger partial charge in [0.25, 0.3) is 0 Å². The molecule has 0 radical (unpaired) electrons. The van der Waals surface area contributed by atoms with Crippen LogP contribution in [0, 0.1) is 0 Å². The highest BCUT2D eigenvalue weighted by Crippen LogP contribution is 2.42. The highest BCUT2D eigenvalue weighted by atomic mass is 15.2. The zero-order valence-electron chi connectivity index (χ0n) is 10.9. The van der Waals surface area contributed by atoms with Crippen LogP contribution >= 0.6 is 0 Å². The summed E-state index contributed by atoms with van der Waals surface area (Å²) >= 11 is 0. The Balaban J connectivity index is 1.99. The number of nitrogens with one attached hydrogen (secondary N) is 1. The fourth-order valence-electron chi connectivity index (χ4n) is 3.09. The molecule has 0 unspecified atom stereocenters. The molecule has 2 heteroatoms. The summed E-state index contributed by atoms with van der Waals surface area (Å²) in [5.41, 5.74) is 4.58. The third-order valence-electron chi connectivity index (χ3n) is 4.18. The molecule has 1 N–H and O–H groups in total. The van der Waals surface area contributed by atoms with Crippen LogP contribution < -0.4 is 10.2 Å². The molecule has 3 rings (SSSR count). The van der Waals surface area contributed by atoms with E-state index in [4.69, 9.17) is 0 Å². The molecule has 0 atom stereocenters. The standard InChI is InChI=1S/C15H22N2/c1-15(2)11-16-14-12(15)7-6-8-13(14)17-9-4-3-5-10-17/h6-8,16H,3-5,9-11H2,1-2H3. The van der Waals surface area contributed by atoms with Gasteiger partial charge in [-0.1, -0.05) is 26.0 Å². The highest BCUT2D eigenvalue weighted by molar-refractivity contribution is 5.77. The molecule has 2 nitrogen and oxygen atoms in total. The third kappa shape index (κ3) is 1.80. The van der Waals surface area contributed by atoms with Crippen LogP contribution in [0.5, 0.6) is 0 Å². The Kier molecular flexibility index (Phi) is 2.53. The second kappa shape index (κ2) is 3.94. The van der Waals surface area contributed by atoms with E-state index in [-0.39, 0.29) is 5.41 Å². The Morgan fingerprint density at radius 3 is 2.65 bits per heavy atom. The zero-order valence-corrected chi connectivity index (χ0v) is 10.9. The lowest BCUT2D eigenvalue weighted by atomic mass is 9.86. The molecule has 2 aliphatic rings. The average molecular weight is 230 g/mol. The molecule has 92 valence electrons. The van der Waals surface area contributed by atoms with E-state index >= 15 is 0 Å². The summed E-state index contributed by atoms with van der Waals surface area (Å²) in [7, 11) is 0. The lowest BCUT2D eigenvalue weighted by Crippen LogP contribution is -2.29. The number of fused-ring (bicyclic) bond motifs is 1. The highest BCUT2D eigenvalue weighted by Gasteiger charge is 2.32. The minimum atomic E-state index is 0.279. The van der Waals surface area contributed by atoms with Crippen LogP contribution in [-0.2, 0) is 5.41 Å². The van der Waals surface area contributed by atoms with Crippen molar-refractivity contribution < 1.29 is 0 Å². The normalized spacial score (nSPS) is 22.1. The first-order valence-corrected chi connectivity index (χ1v) is 6.81. The maximum Gasteiger partial charge on any atom is 0.0617 e. The number of anilines is 2. The summed E-state index contributed by atoms with van der Waals surface area (Å²) in [6.07, 6.45) is 4.07. The number of para-hydroxylation sites is 1. The van der Waals surface area contributed by atoms with Crippen molar-refractivity contribution in [3.63, 3.8) is 0 Å². The first-order chi connectivity index (χ1) is 8.18. The summed E-state index contributed by atoms with van der Waals surface area (Å²) in [5.74, 6) is 0. The molecular weight excluding hydrogens is 208 g/mol. The van der Waals surface area contributed by atoms with E-state index in [1.165, 1.54) is 49.3 Å². The fourth-order valence-corrected chi connectivity index (χ4v) is 3.09. The van der Waals surface area contributed by atoms with E-state index in [2.05, 4.69) is 42.3 Å². The van der Waals surface area contributed by atoms with Gasteiger partial charge in [0.1, 0.15) is 0 Å². The van der Waals surface area contributed by atoms with Gasteiger partial charge < -0.3 is 10.2 Å². The largest absolute Gasteiger partial charge is 0.382 e. The van der Waals surface area contributed by atoms with Gasteiger partial charge in [-0.05, 0) is 30.9 Å². The maximum absolute atomic E-state index is 3.61. The summed E-state index contributed by atoms with van der Waals surface area (Å²) in [5, 5.41) is 3.61. The van der Waals surface area contributed by atoms with Crippen molar-refractivity contribution in [2.24, 2.45) is 0 Å². The van der Waals surface area contributed by atoms with Gasteiger partial charge in [-0.25, -0.2) is 0 Å². The predicted molar refractivity (Wildman–Crippen MR) is 74.0 cm³/mol. The van der Waals surface area contributed by atoms with Crippen LogP contribution in [0.1, 0.15) is 38.7 Å². The molecule has 1 saturated heterocycles. The summed E-state index contributed by atoms with van der Waals surface area (Å²) in [6, 6.07) is 6.78. The van der Waals surface area contributed by atoms with Gasteiger partial charge in [0, 0.05) is 25.0 Å². The molecular formula is C15H22N2. The molecule has 0 aliphatic carbocycles. The molecule has 1 fully saturated rings. The quantitative estimate of drug-likeness (QED) is 0.795. The minimum absolute atomic E-state index is 0.279. The number of piperidine rings is 1. The minimum Gasteiger partial charge on any atom is -0.382 e. The molecule has 1 aromatic rings. The van der Waals surface area contributed by atoms with Crippen molar-refractivity contribution in [1.82, 2.24) is 0 Å². The van der Waals surface area contributed by atoms with Crippen molar-refractivity contribution in [1.29, 1.82) is 0 Å². The summed E-state index contributed by atoms with van der Waals surface area (Å²) in [4.78, 5) is 2.55. The molecule has 17 heavy (non-hydrogen) atoms. The number of rotatable bonds is 1. The van der Waals surface area contributed by atoms with E-state index in [1.807, 2.05) is 0 Å². The Hall–Kier alpha value is -1.18. The van der Waals surface area contributed by atoms with Gasteiger partial charge in [0.05, 0.1) is 11.4 Å². The van der Waals surface area contributed by atoms with E-state index in [9.17, 15) is 0 Å². The SMILES string of the molecule is CC1(C)CNc2c(N3CCCCC3)cccc21. The molecule has 2 heterocycles. The monoisotopic (exact) mass is 230 g/mol. The van der Waals surface area contributed by atoms with Gasteiger partial charge in [0.2, 0.25) is 0 Å². The molecule has 1 aromatic carbocycles. The molecule has 0 bridgehead atoms. The van der Waals surface area contributed by atoms with Crippen LogP contribution in [-0.4, -0.2) is 19.6 Å². The van der Waals surface area contributed by atoms with Crippen molar-refractivity contribution in [3.05, 3.63) is 23.8 Å². The van der Waals surface area contributed by atoms with Crippen molar-refractivity contribution in [2.75, 3.05) is 29.9 Å². The zero-order chi connectivity index (χ0) is 11.9. The van der Waals surface area contributed by atoms with Gasteiger partial charge in [0.15, 0.2) is 0 Å². The predicted octanol–water partition coefficient (Wildman–Crippen LogP) is 3.38. The van der Waals surface area contributed by atoms with E-state index < -0.39 is 0 Å². The van der Waals surface area contributed by atoms with Crippen LogP contribution in [0.15, 0.2) is 18.2 Å². The van der Waals surface area contributed by atoms with Crippen LogP contribution in [0.3, 0.4) is 0 Å². The molecule has 0 aromatic heterocycles. The fraction of sp³-hybridized carbons (Fsp3) is 0.600. The Morgan fingerprint density at radius 2 is 1.88 bits per heavy atom. The van der Waals surface area contributed by atoms with Crippen LogP contribution in [0.25, 0.3) is 0 Å². The first kappa shape index (κ1) is 10.9. The number of benzene rings is 1. The average Bonchev–Trinajstić information content (AvgIpc) is 2.67. The smallest absolute Gasteiger partial charge is 0.0617 e. The molecule has 2 aliphatic heterocycles. The topological polar surface area (TPSA) is 15.3 Å². The molecule has 0 spiro atoms. The van der Waals surface area contributed by atoms with Gasteiger partial charge >= 0.3 is 0 Å². The summed E-state index contributed by atoms with van der Waals surface area (Å²) in [6.45, 7) is 8.15. The molecule has 0 amide bonds. The van der Waals surface area contributed by atoms with Gasteiger partial charge in [-0.15, -0.1) is 0 Å². The van der Waals surface area contributed by atoms with Gasteiger partial charge in [-0.3, -0.25) is 0 Å². The first-order valence-electron chi connectivity index (χ1n) is 6.81. The Morgan fingerprint density at radius 1 is 1.12 bits per heavy atom. The lowest BCUT2D eigenvalue weighted by Gasteiger charge is -2.30. The van der Waals surface area contributed by atoms with Crippen molar-refractivity contribution in [2.45, 2.75) is 38.5 Å². The van der Waals surface area contributed by atoms with Crippen molar-refractivity contribution in [3.8, 4) is 0 Å². The van der Waals surface area contributed by atoms with Crippen molar-refractivity contribution >= 4 is 11.4 Å². The second-order valence-corrected chi connectivity index (χ2v) is 5.98. The van der Waals surface area contributed by atoms with Crippen LogP contribution in [0.2, 0.25) is 0 Å². The van der Waals surface area contributed by atoms with Gasteiger partial charge in [-0.2, -0.15) is 0 Å². The third-order valence-corrected chi connectivity index (χ3v) is 4.18. The number of hydrogen-bond acceptors (Lipinski definition) is 2. The summed E-state index contributed by atoms with van der Waals surface area (Å²) < 4.78 is 0. The van der Waals surface area contributed by atoms with E-state index in [0.717, 1.165) is 6.54 Å². The van der Waals surface area contributed by atoms with Crippen LogP contribution in [0.4, 0.5) is 11.4 Å². The Bertz CT molecular complexity index is 417. The number of nitrogens with zero attached hydrogens (tertiary/aromatic N) is 1. The number of hydrogen-bond donors (Lipinski definition) is 1. The maximum atomic E-state index is 3.61. The Labute approximate surface area is 104 Å².